The first-order chi connectivity index (χ1) is 15.4. The highest BCUT2D eigenvalue weighted by Crippen LogP contribution is 2.39. The molecular weight excluding hydrogens is 431 g/mol. The van der Waals surface area contributed by atoms with E-state index in [0.717, 1.165) is 16.5 Å². The van der Waals surface area contributed by atoms with Crippen LogP contribution in [0.5, 0.6) is 11.5 Å². The van der Waals surface area contributed by atoms with Crippen LogP contribution in [0.3, 0.4) is 0 Å². The Morgan fingerprint density at radius 3 is 2.34 bits per heavy atom. The fourth-order valence-corrected chi connectivity index (χ4v) is 5.20. The van der Waals surface area contributed by atoms with Gasteiger partial charge in [-0.2, -0.15) is 0 Å². The van der Waals surface area contributed by atoms with E-state index in [-0.39, 0.29) is 4.90 Å². The van der Waals surface area contributed by atoms with Crippen LogP contribution in [0.25, 0.3) is 22.2 Å². The van der Waals surface area contributed by atoms with E-state index in [4.69, 9.17) is 9.47 Å². The molecule has 0 amide bonds. The smallest absolute Gasteiger partial charge is 0.268 e. The molecule has 0 N–H and O–H groups in total. The second-order valence-electron chi connectivity index (χ2n) is 7.51. The van der Waals surface area contributed by atoms with Crippen LogP contribution >= 0.6 is 0 Å². The van der Waals surface area contributed by atoms with Gasteiger partial charge in [-0.25, -0.2) is 12.4 Å². The molecule has 0 bridgehead atoms. The van der Waals surface area contributed by atoms with E-state index in [0.29, 0.717) is 35.7 Å². The Balaban J connectivity index is 1.93. The number of halogens is 1. The molecular formula is C24H25FN2O4S. The first-order valence-electron chi connectivity index (χ1n) is 10.2. The second-order valence-corrected chi connectivity index (χ2v) is 9.33. The maximum Gasteiger partial charge on any atom is 0.268 e. The molecule has 2 heterocycles. The average molecular weight is 457 g/mol. The third-order valence-corrected chi connectivity index (χ3v) is 7.19. The molecule has 0 spiro atoms. The van der Waals surface area contributed by atoms with Gasteiger partial charge in [-0.3, -0.25) is 4.39 Å². The number of methoxy groups -OCH3 is 2. The van der Waals surface area contributed by atoms with E-state index in [1.807, 2.05) is 29.8 Å². The highest BCUT2D eigenvalue weighted by Gasteiger charge is 2.23. The molecule has 4 aromatic rings. The number of fused-ring (bicyclic) bond motifs is 1. The van der Waals surface area contributed by atoms with Gasteiger partial charge in [0.15, 0.2) is 11.5 Å². The summed E-state index contributed by atoms with van der Waals surface area (Å²) in [5.41, 5.74) is 3.02. The van der Waals surface area contributed by atoms with Gasteiger partial charge in [0, 0.05) is 36.0 Å². The molecule has 0 fully saturated rings. The lowest BCUT2D eigenvalue weighted by molar-refractivity contribution is 0.355. The molecule has 0 atom stereocenters. The molecule has 0 radical (unpaired) electrons. The number of alkyl halides is 1. The molecule has 8 heteroatoms. The van der Waals surface area contributed by atoms with Gasteiger partial charge in [0.1, 0.15) is 0 Å². The van der Waals surface area contributed by atoms with Gasteiger partial charge in [0.2, 0.25) is 0 Å². The van der Waals surface area contributed by atoms with E-state index >= 15 is 0 Å². The minimum absolute atomic E-state index is 0.209. The highest BCUT2D eigenvalue weighted by atomic mass is 32.2. The van der Waals surface area contributed by atoms with Gasteiger partial charge in [-0.1, -0.05) is 17.7 Å². The van der Waals surface area contributed by atoms with Crippen LogP contribution < -0.4 is 9.47 Å². The van der Waals surface area contributed by atoms with Gasteiger partial charge in [0.25, 0.3) is 10.0 Å². The first-order valence-corrected chi connectivity index (χ1v) is 11.7. The fourth-order valence-electron chi connectivity index (χ4n) is 3.84. The summed E-state index contributed by atoms with van der Waals surface area (Å²) in [5, 5.41) is 0.792. The summed E-state index contributed by atoms with van der Waals surface area (Å²) in [6.45, 7) is 1.92. The van der Waals surface area contributed by atoms with Gasteiger partial charge < -0.3 is 14.0 Å². The molecule has 2 aromatic carbocycles. The summed E-state index contributed by atoms with van der Waals surface area (Å²) < 4.78 is 53.8. The summed E-state index contributed by atoms with van der Waals surface area (Å²) in [7, 11) is -0.701. The molecule has 0 aliphatic rings. The normalized spacial score (nSPS) is 11.8. The molecule has 0 saturated carbocycles. The number of ether oxygens (including phenoxy) is 2. The topological polar surface area (TPSA) is 62.5 Å². The lowest BCUT2D eigenvalue weighted by atomic mass is 10.1. The summed E-state index contributed by atoms with van der Waals surface area (Å²) >= 11 is 0. The molecule has 0 saturated heterocycles. The van der Waals surface area contributed by atoms with Crippen LogP contribution in [-0.4, -0.2) is 37.9 Å². The number of aromatic nitrogens is 2. The molecule has 6 nitrogen and oxygen atoms in total. The molecule has 0 aliphatic heterocycles. The second kappa shape index (κ2) is 8.70. The van der Waals surface area contributed by atoms with Crippen molar-refractivity contribution in [1.82, 2.24) is 8.54 Å². The highest BCUT2D eigenvalue weighted by molar-refractivity contribution is 7.90. The zero-order valence-electron chi connectivity index (χ0n) is 18.2. The third kappa shape index (κ3) is 3.75. The SMILES string of the molecule is COc1cc2c(-c3cccn3S(=O)(=O)c3ccc(C)cc3)cn(CCCF)c2cc1OC. The Labute approximate surface area is 186 Å². The largest absolute Gasteiger partial charge is 0.493 e. The zero-order chi connectivity index (χ0) is 22.9. The predicted octanol–water partition coefficient (Wildman–Crippen LogP) is 5.03. The van der Waals surface area contributed by atoms with Gasteiger partial charge >= 0.3 is 0 Å². The van der Waals surface area contributed by atoms with Crippen LogP contribution in [0, 0.1) is 6.92 Å². The van der Waals surface area contributed by atoms with Crippen molar-refractivity contribution in [2.24, 2.45) is 0 Å². The summed E-state index contributed by atoms with van der Waals surface area (Å²) in [6, 6.07) is 13.9. The van der Waals surface area contributed by atoms with Crippen molar-refractivity contribution in [1.29, 1.82) is 0 Å². The van der Waals surface area contributed by atoms with Crippen molar-refractivity contribution in [2.45, 2.75) is 24.8 Å². The van der Waals surface area contributed by atoms with Crippen molar-refractivity contribution < 1.29 is 22.3 Å². The van der Waals surface area contributed by atoms with E-state index < -0.39 is 16.7 Å². The lowest BCUT2D eigenvalue weighted by Crippen LogP contribution is -2.13. The third-order valence-electron chi connectivity index (χ3n) is 5.49. The average Bonchev–Trinajstić information content (AvgIpc) is 3.42. The molecule has 4 rings (SSSR count). The quantitative estimate of drug-likeness (QED) is 0.373. The Kier molecular flexibility index (Phi) is 5.97. The number of hydrogen-bond acceptors (Lipinski definition) is 4. The van der Waals surface area contributed by atoms with Crippen LogP contribution in [0.15, 0.2) is 65.8 Å². The molecule has 0 aliphatic carbocycles. The van der Waals surface area contributed by atoms with Crippen LogP contribution in [-0.2, 0) is 16.6 Å². The van der Waals surface area contributed by atoms with Crippen molar-refractivity contribution in [3.8, 4) is 22.8 Å². The van der Waals surface area contributed by atoms with Crippen LogP contribution in [0.1, 0.15) is 12.0 Å². The first kappa shape index (κ1) is 22.0. The zero-order valence-corrected chi connectivity index (χ0v) is 19.0. The number of nitrogens with zero attached hydrogens (tertiary/aromatic N) is 2. The maximum absolute atomic E-state index is 13.4. The Morgan fingerprint density at radius 1 is 1.00 bits per heavy atom. The van der Waals surface area contributed by atoms with E-state index in [9.17, 15) is 12.8 Å². The molecule has 0 unspecified atom stereocenters. The summed E-state index contributed by atoms with van der Waals surface area (Å²) in [6.07, 6.45) is 3.74. The Hall–Kier alpha value is -3.26. The monoisotopic (exact) mass is 456 g/mol. The minimum atomic E-state index is -3.80. The molecule has 32 heavy (non-hydrogen) atoms. The number of benzene rings is 2. The minimum Gasteiger partial charge on any atom is -0.493 e. The van der Waals surface area contributed by atoms with Crippen LogP contribution in [0.4, 0.5) is 4.39 Å². The van der Waals surface area contributed by atoms with Crippen molar-refractivity contribution >= 4 is 20.9 Å². The van der Waals surface area contributed by atoms with Crippen molar-refractivity contribution in [3.05, 3.63) is 66.5 Å². The predicted molar refractivity (Wildman–Crippen MR) is 123 cm³/mol. The molecule has 2 aromatic heterocycles. The fraction of sp³-hybridized carbons (Fsp3) is 0.250. The van der Waals surface area contributed by atoms with Crippen molar-refractivity contribution in [3.63, 3.8) is 0 Å². The Morgan fingerprint density at radius 2 is 1.69 bits per heavy atom. The van der Waals surface area contributed by atoms with Gasteiger partial charge in [0.05, 0.1) is 37.0 Å². The van der Waals surface area contributed by atoms with E-state index in [2.05, 4.69) is 0 Å². The maximum atomic E-state index is 13.4. The van der Waals surface area contributed by atoms with E-state index in [1.54, 1.807) is 50.6 Å². The van der Waals surface area contributed by atoms with Crippen LogP contribution in [0.2, 0.25) is 0 Å². The van der Waals surface area contributed by atoms with E-state index in [1.165, 1.54) is 10.2 Å². The Bertz CT molecular complexity index is 1350. The number of aryl methyl sites for hydroxylation is 2. The number of hydrogen-bond donors (Lipinski definition) is 0. The van der Waals surface area contributed by atoms with Crippen molar-refractivity contribution in [2.75, 3.05) is 20.9 Å². The standard InChI is InChI=1S/C24H25FN2O4S/c1-17-7-9-18(10-8-17)32(28,29)27-13-4-6-21(27)20-16-26(12-5-11-25)22-15-24(31-3)23(30-2)14-19(20)22/h4,6-10,13-16H,5,11-12H2,1-3H3. The molecule has 168 valence electrons. The van der Waals surface area contributed by atoms with Gasteiger partial charge in [-0.15, -0.1) is 0 Å². The summed E-state index contributed by atoms with van der Waals surface area (Å²) in [5.74, 6) is 1.08. The number of rotatable bonds is 8. The summed E-state index contributed by atoms with van der Waals surface area (Å²) in [4.78, 5) is 0.209. The lowest BCUT2D eigenvalue weighted by Gasteiger charge is -2.11. The van der Waals surface area contributed by atoms with Gasteiger partial charge in [-0.05, 0) is 43.7 Å².